The van der Waals surface area contributed by atoms with Crippen LogP contribution in [0.1, 0.15) is 44.9 Å². The molecule has 0 aliphatic carbocycles. The minimum absolute atomic E-state index is 0.435. The van der Waals surface area contributed by atoms with Gasteiger partial charge in [0.15, 0.2) is 0 Å². The molecule has 0 atom stereocenters. The summed E-state index contributed by atoms with van der Waals surface area (Å²) in [7, 11) is 0. The van der Waals surface area contributed by atoms with Crippen LogP contribution in [0.5, 0.6) is 0 Å². The van der Waals surface area contributed by atoms with Crippen molar-refractivity contribution in [3.63, 3.8) is 0 Å². The van der Waals surface area contributed by atoms with Gasteiger partial charge in [0.25, 0.3) is 0 Å². The van der Waals surface area contributed by atoms with Gasteiger partial charge in [0.2, 0.25) is 0 Å². The maximum Gasteiger partial charge on any atom is 0.0314 e. The Morgan fingerprint density at radius 3 is 2.65 bits per heavy atom. The van der Waals surface area contributed by atoms with Crippen molar-refractivity contribution in [3.05, 3.63) is 20.8 Å². The zero-order chi connectivity index (χ0) is 12.7. The predicted octanol–water partition coefficient (Wildman–Crippen LogP) is 4.86. The first-order valence-corrected chi connectivity index (χ1v) is 8.15. The molecule has 0 unspecified atom stereocenters. The fraction of sp³-hybridized carbons (Fsp3) is 0.714. The van der Waals surface area contributed by atoms with E-state index in [9.17, 15) is 0 Å². The second-order valence-electron chi connectivity index (χ2n) is 5.36. The molecule has 1 rings (SSSR count). The van der Waals surface area contributed by atoms with E-state index in [1.165, 1.54) is 35.0 Å². The second kappa shape index (κ2) is 7.55. The van der Waals surface area contributed by atoms with Crippen LogP contribution < -0.4 is 5.32 Å². The first-order valence-electron chi connectivity index (χ1n) is 6.48. The van der Waals surface area contributed by atoms with Crippen molar-refractivity contribution in [2.45, 2.75) is 46.5 Å². The van der Waals surface area contributed by atoms with Gasteiger partial charge in [0.1, 0.15) is 0 Å². The van der Waals surface area contributed by atoms with Crippen LogP contribution in [0.15, 0.2) is 15.9 Å². The predicted molar refractivity (Wildman–Crippen MR) is 81.9 cm³/mol. The molecule has 1 nitrogen and oxygen atoms in total. The molecule has 0 saturated carbocycles. The second-order valence-corrected chi connectivity index (χ2v) is 7.21. The van der Waals surface area contributed by atoms with E-state index in [-0.39, 0.29) is 0 Å². The molecule has 17 heavy (non-hydrogen) atoms. The van der Waals surface area contributed by atoms with Gasteiger partial charge in [0, 0.05) is 9.35 Å². The standard InChI is InChI=1S/C14H24BrNS/c1-4-9-16-10-8-14(2,3)7-5-13-12(15)6-11-17-13/h6,11,16H,4-5,7-10H2,1-3H3. The van der Waals surface area contributed by atoms with Gasteiger partial charge in [-0.2, -0.15) is 0 Å². The van der Waals surface area contributed by atoms with Gasteiger partial charge >= 0.3 is 0 Å². The van der Waals surface area contributed by atoms with E-state index in [1.54, 1.807) is 0 Å². The molecular weight excluding hydrogens is 294 g/mol. The topological polar surface area (TPSA) is 12.0 Å². The average molecular weight is 318 g/mol. The van der Waals surface area contributed by atoms with Crippen molar-refractivity contribution in [1.82, 2.24) is 5.32 Å². The monoisotopic (exact) mass is 317 g/mol. The summed E-state index contributed by atoms with van der Waals surface area (Å²) in [6.45, 7) is 9.26. The summed E-state index contributed by atoms with van der Waals surface area (Å²) in [6.07, 6.45) is 4.94. The Kier molecular flexibility index (Phi) is 6.75. The van der Waals surface area contributed by atoms with Crippen molar-refractivity contribution in [1.29, 1.82) is 0 Å². The molecule has 1 aromatic heterocycles. The number of thiophene rings is 1. The van der Waals surface area contributed by atoms with Gasteiger partial charge in [-0.1, -0.05) is 20.8 Å². The molecule has 0 fully saturated rings. The van der Waals surface area contributed by atoms with E-state index >= 15 is 0 Å². The first kappa shape index (κ1) is 15.2. The molecule has 0 bridgehead atoms. The van der Waals surface area contributed by atoms with Crippen molar-refractivity contribution >= 4 is 27.3 Å². The summed E-state index contributed by atoms with van der Waals surface area (Å²) in [5.41, 5.74) is 0.435. The lowest BCUT2D eigenvalue weighted by atomic mass is 9.84. The van der Waals surface area contributed by atoms with Gasteiger partial charge in [0.05, 0.1) is 0 Å². The highest BCUT2D eigenvalue weighted by Crippen LogP contribution is 2.30. The lowest BCUT2D eigenvalue weighted by molar-refractivity contribution is 0.303. The minimum Gasteiger partial charge on any atom is -0.317 e. The fourth-order valence-corrected chi connectivity index (χ4v) is 3.36. The molecule has 0 amide bonds. The van der Waals surface area contributed by atoms with Gasteiger partial charge < -0.3 is 5.32 Å². The maximum atomic E-state index is 3.61. The number of nitrogens with one attached hydrogen (secondary N) is 1. The number of halogens is 1. The fourth-order valence-electron chi connectivity index (χ4n) is 1.81. The van der Waals surface area contributed by atoms with E-state index in [2.05, 4.69) is 53.5 Å². The highest BCUT2D eigenvalue weighted by atomic mass is 79.9. The summed E-state index contributed by atoms with van der Waals surface area (Å²) in [5, 5.41) is 5.65. The lowest BCUT2D eigenvalue weighted by Crippen LogP contribution is -2.23. The summed E-state index contributed by atoms with van der Waals surface area (Å²) < 4.78 is 1.28. The van der Waals surface area contributed by atoms with Crippen LogP contribution in [0.2, 0.25) is 0 Å². The van der Waals surface area contributed by atoms with Gasteiger partial charge in [-0.3, -0.25) is 0 Å². The number of aryl methyl sites for hydroxylation is 1. The van der Waals surface area contributed by atoms with Crippen LogP contribution >= 0.6 is 27.3 Å². The number of hydrogen-bond donors (Lipinski definition) is 1. The zero-order valence-corrected chi connectivity index (χ0v) is 13.6. The Hall–Kier alpha value is 0.140. The molecule has 0 saturated heterocycles. The Morgan fingerprint density at radius 2 is 2.06 bits per heavy atom. The van der Waals surface area contributed by atoms with Crippen LogP contribution in [0.25, 0.3) is 0 Å². The van der Waals surface area contributed by atoms with E-state index in [0.717, 1.165) is 13.1 Å². The Morgan fingerprint density at radius 1 is 1.29 bits per heavy atom. The summed E-state index contributed by atoms with van der Waals surface area (Å²) in [6, 6.07) is 2.15. The molecular formula is C14H24BrNS. The molecule has 0 aliphatic heterocycles. The normalized spacial score (nSPS) is 12.0. The molecule has 0 spiro atoms. The van der Waals surface area contributed by atoms with Gasteiger partial charge in [-0.25, -0.2) is 0 Å². The van der Waals surface area contributed by atoms with Crippen molar-refractivity contribution < 1.29 is 0 Å². The Labute approximate surface area is 118 Å². The van der Waals surface area contributed by atoms with E-state index in [0.29, 0.717) is 5.41 Å². The molecule has 1 heterocycles. The highest BCUT2D eigenvalue weighted by Gasteiger charge is 2.18. The van der Waals surface area contributed by atoms with Crippen LogP contribution in [0, 0.1) is 5.41 Å². The Balaban J connectivity index is 2.26. The number of hydrogen-bond acceptors (Lipinski definition) is 2. The molecule has 0 aromatic carbocycles. The van der Waals surface area contributed by atoms with Gasteiger partial charge in [-0.05, 0) is 71.6 Å². The first-order chi connectivity index (χ1) is 8.05. The summed E-state index contributed by atoms with van der Waals surface area (Å²) in [4.78, 5) is 1.49. The van der Waals surface area contributed by atoms with E-state index in [1.807, 2.05) is 11.3 Å². The molecule has 1 aromatic rings. The SMILES string of the molecule is CCCNCCC(C)(C)CCc1sccc1Br. The van der Waals surface area contributed by atoms with E-state index in [4.69, 9.17) is 0 Å². The van der Waals surface area contributed by atoms with Crippen molar-refractivity contribution in [3.8, 4) is 0 Å². The molecule has 98 valence electrons. The smallest absolute Gasteiger partial charge is 0.0314 e. The van der Waals surface area contributed by atoms with Crippen LogP contribution in [0.4, 0.5) is 0 Å². The van der Waals surface area contributed by atoms with E-state index < -0.39 is 0 Å². The number of rotatable bonds is 8. The minimum atomic E-state index is 0.435. The highest BCUT2D eigenvalue weighted by molar-refractivity contribution is 9.10. The van der Waals surface area contributed by atoms with Crippen LogP contribution in [0.3, 0.4) is 0 Å². The van der Waals surface area contributed by atoms with Crippen LogP contribution in [-0.2, 0) is 6.42 Å². The van der Waals surface area contributed by atoms with Gasteiger partial charge in [-0.15, -0.1) is 11.3 Å². The maximum absolute atomic E-state index is 3.61. The Bertz CT molecular complexity index is 320. The largest absolute Gasteiger partial charge is 0.317 e. The zero-order valence-electron chi connectivity index (χ0n) is 11.2. The van der Waals surface area contributed by atoms with Crippen molar-refractivity contribution in [2.24, 2.45) is 5.41 Å². The van der Waals surface area contributed by atoms with Crippen LogP contribution in [-0.4, -0.2) is 13.1 Å². The molecule has 0 radical (unpaired) electrons. The molecule has 1 N–H and O–H groups in total. The average Bonchev–Trinajstić information content (AvgIpc) is 2.68. The third-order valence-corrected chi connectivity index (χ3v) is 5.11. The summed E-state index contributed by atoms with van der Waals surface area (Å²) >= 11 is 5.46. The molecule has 0 aliphatic rings. The third kappa shape index (κ3) is 6.03. The van der Waals surface area contributed by atoms with Crippen molar-refractivity contribution in [2.75, 3.05) is 13.1 Å². The summed E-state index contributed by atoms with van der Waals surface area (Å²) in [5.74, 6) is 0. The molecule has 3 heteroatoms. The third-order valence-electron chi connectivity index (χ3n) is 3.13. The lowest BCUT2D eigenvalue weighted by Gasteiger charge is -2.24. The quantitative estimate of drug-likeness (QED) is 0.675.